The third-order valence-electron chi connectivity index (χ3n) is 3.28. The first-order chi connectivity index (χ1) is 7.68. The van der Waals surface area contributed by atoms with Crippen LogP contribution in [-0.4, -0.2) is 22.9 Å². The highest BCUT2D eigenvalue weighted by molar-refractivity contribution is 6.31. The van der Waals surface area contributed by atoms with Crippen LogP contribution in [-0.2, 0) is 6.42 Å². The third kappa shape index (κ3) is 2.58. The smallest absolute Gasteiger partial charge is 0.0818 e. The van der Waals surface area contributed by atoms with E-state index in [-0.39, 0.29) is 0 Å². The summed E-state index contributed by atoms with van der Waals surface area (Å²) in [4.78, 5) is 0. The molecule has 1 fully saturated rings. The van der Waals surface area contributed by atoms with Crippen LogP contribution in [0.4, 0.5) is 0 Å². The Labute approximate surface area is 102 Å². The minimum absolute atomic E-state index is 0.393. The maximum atomic E-state index is 6.21. The maximum absolute atomic E-state index is 6.21. The van der Waals surface area contributed by atoms with E-state index in [0.717, 1.165) is 30.5 Å². The first-order valence-electron chi connectivity index (χ1n) is 6.11. The highest BCUT2D eigenvalue weighted by atomic mass is 35.5. The number of hydrogen-bond acceptors (Lipinski definition) is 2. The highest BCUT2D eigenvalue weighted by Gasteiger charge is 2.19. The number of aromatic nitrogens is 2. The van der Waals surface area contributed by atoms with Gasteiger partial charge >= 0.3 is 0 Å². The molecule has 1 aliphatic rings. The molecule has 1 saturated heterocycles. The summed E-state index contributed by atoms with van der Waals surface area (Å²) in [5, 5.41) is 8.57. The Bertz CT molecular complexity index is 340. The molecule has 0 bridgehead atoms. The van der Waals surface area contributed by atoms with Crippen LogP contribution < -0.4 is 5.32 Å². The third-order valence-corrected chi connectivity index (χ3v) is 3.59. The molecule has 2 heterocycles. The number of nitrogens with zero attached hydrogens (tertiary/aromatic N) is 2. The van der Waals surface area contributed by atoms with Crippen molar-refractivity contribution < 1.29 is 0 Å². The average molecular weight is 242 g/mol. The molecule has 0 aliphatic carbocycles. The lowest BCUT2D eigenvalue weighted by Crippen LogP contribution is -2.29. The highest BCUT2D eigenvalue weighted by Crippen LogP contribution is 2.25. The van der Waals surface area contributed by atoms with Gasteiger partial charge in [0.25, 0.3) is 0 Å². The summed E-state index contributed by atoms with van der Waals surface area (Å²) in [5.74, 6) is 0.757. The molecule has 1 aromatic heterocycles. The molecule has 0 aromatic carbocycles. The van der Waals surface area contributed by atoms with Crippen molar-refractivity contribution in [2.75, 3.05) is 13.1 Å². The van der Waals surface area contributed by atoms with Gasteiger partial charge in [-0.3, -0.25) is 4.68 Å². The van der Waals surface area contributed by atoms with Crippen molar-refractivity contribution in [2.24, 2.45) is 5.92 Å². The van der Waals surface area contributed by atoms with Crippen molar-refractivity contribution in [3.8, 4) is 0 Å². The van der Waals surface area contributed by atoms with Gasteiger partial charge in [-0.05, 0) is 52.1 Å². The molecule has 1 aliphatic heterocycles. The topological polar surface area (TPSA) is 29.9 Å². The molecular weight excluding hydrogens is 222 g/mol. The molecule has 1 aromatic rings. The molecule has 0 radical (unpaired) electrons. The monoisotopic (exact) mass is 241 g/mol. The van der Waals surface area contributed by atoms with Gasteiger partial charge in [0.1, 0.15) is 0 Å². The molecule has 90 valence electrons. The van der Waals surface area contributed by atoms with Gasteiger partial charge in [-0.1, -0.05) is 11.6 Å². The van der Waals surface area contributed by atoms with E-state index in [1.807, 2.05) is 0 Å². The number of piperidine rings is 1. The van der Waals surface area contributed by atoms with Crippen molar-refractivity contribution in [3.05, 3.63) is 16.9 Å². The lowest BCUT2D eigenvalue weighted by Gasteiger charge is -2.23. The first kappa shape index (κ1) is 11.9. The molecule has 0 unspecified atom stereocenters. The second-order valence-corrected chi connectivity index (χ2v) is 5.28. The van der Waals surface area contributed by atoms with Crippen molar-refractivity contribution in [1.82, 2.24) is 15.1 Å². The quantitative estimate of drug-likeness (QED) is 0.882. The number of nitrogens with one attached hydrogen (secondary N) is 1. The van der Waals surface area contributed by atoms with Crippen molar-refractivity contribution in [1.29, 1.82) is 0 Å². The normalized spacial score (nSPS) is 18.2. The lowest BCUT2D eigenvalue weighted by atomic mass is 9.93. The second-order valence-electron chi connectivity index (χ2n) is 4.88. The van der Waals surface area contributed by atoms with Crippen LogP contribution in [0.15, 0.2) is 6.20 Å². The number of halogens is 1. The van der Waals surface area contributed by atoms with E-state index in [1.54, 1.807) is 6.20 Å². The Morgan fingerprint density at radius 3 is 2.81 bits per heavy atom. The molecular formula is C12H20ClN3. The summed E-state index contributed by atoms with van der Waals surface area (Å²) >= 11 is 6.21. The summed E-state index contributed by atoms with van der Waals surface area (Å²) in [6, 6.07) is 0.393. The van der Waals surface area contributed by atoms with E-state index < -0.39 is 0 Å². The predicted molar refractivity (Wildman–Crippen MR) is 66.9 cm³/mol. The van der Waals surface area contributed by atoms with Gasteiger partial charge in [-0.2, -0.15) is 5.10 Å². The average Bonchev–Trinajstić information content (AvgIpc) is 2.62. The first-order valence-corrected chi connectivity index (χ1v) is 6.49. The number of rotatable bonds is 3. The summed E-state index contributed by atoms with van der Waals surface area (Å²) in [6.45, 7) is 6.57. The Kier molecular flexibility index (Phi) is 3.87. The Morgan fingerprint density at radius 1 is 1.50 bits per heavy atom. The molecule has 0 spiro atoms. The van der Waals surface area contributed by atoms with Crippen LogP contribution >= 0.6 is 11.6 Å². The fourth-order valence-corrected chi connectivity index (χ4v) is 2.57. The fourth-order valence-electron chi connectivity index (χ4n) is 2.36. The summed E-state index contributed by atoms with van der Waals surface area (Å²) in [5.41, 5.74) is 1.21. The van der Waals surface area contributed by atoms with Gasteiger partial charge in [0.15, 0.2) is 0 Å². The van der Waals surface area contributed by atoms with Crippen LogP contribution in [0.1, 0.15) is 38.4 Å². The van der Waals surface area contributed by atoms with Crippen molar-refractivity contribution in [2.45, 2.75) is 39.2 Å². The Morgan fingerprint density at radius 2 is 2.19 bits per heavy atom. The van der Waals surface area contributed by atoms with E-state index in [4.69, 9.17) is 11.6 Å². The zero-order valence-electron chi connectivity index (χ0n) is 10.0. The van der Waals surface area contributed by atoms with E-state index in [2.05, 4.69) is 28.9 Å². The van der Waals surface area contributed by atoms with Crippen LogP contribution in [0, 0.1) is 5.92 Å². The molecule has 0 saturated carbocycles. The molecule has 0 amide bonds. The van der Waals surface area contributed by atoms with E-state index in [1.165, 1.54) is 18.5 Å². The molecule has 16 heavy (non-hydrogen) atoms. The maximum Gasteiger partial charge on any atom is 0.0818 e. The van der Waals surface area contributed by atoms with Crippen molar-refractivity contribution in [3.63, 3.8) is 0 Å². The molecule has 0 atom stereocenters. The molecule has 3 nitrogen and oxygen atoms in total. The molecule has 4 heteroatoms. The van der Waals surface area contributed by atoms with E-state index in [9.17, 15) is 0 Å². The van der Waals surface area contributed by atoms with Gasteiger partial charge < -0.3 is 5.32 Å². The summed E-state index contributed by atoms with van der Waals surface area (Å²) in [6.07, 6.45) is 5.34. The number of hydrogen-bond donors (Lipinski definition) is 1. The predicted octanol–water partition coefficient (Wildman–Crippen LogP) is 2.66. The van der Waals surface area contributed by atoms with Crippen molar-refractivity contribution >= 4 is 11.6 Å². The summed E-state index contributed by atoms with van der Waals surface area (Å²) in [7, 11) is 0. The lowest BCUT2D eigenvalue weighted by molar-refractivity contribution is 0.359. The molecule has 2 rings (SSSR count). The minimum atomic E-state index is 0.393. The zero-order chi connectivity index (χ0) is 11.5. The fraction of sp³-hybridized carbons (Fsp3) is 0.750. The van der Waals surface area contributed by atoms with Gasteiger partial charge in [-0.15, -0.1) is 0 Å². The minimum Gasteiger partial charge on any atom is -0.317 e. The van der Waals surface area contributed by atoms with Gasteiger partial charge in [0.05, 0.1) is 16.9 Å². The molecule has 1 N–H and O–H groups in total. The van der Waals surface area contributed by atoms with E-state index >= 15 is 0 Å². The second kappa shape index (κ2) is 5.19. The standard InChI is InChI=1S/C12H20ClN3/c1-9(2)16-12(11(13)8-15-16)7-10-3-5-14-6-4-10/h8-10,14H,3-7H2,1-2H3. The van der Waals surface area contributed by atoms with Crippen LogP contribution in [0.5, 0.6) is 0 Å². The Hall–Kier alpha value is -0.540. The van der Waals surface area contributed by atoms with E-state index in [0.29, 0.717) is 6.04 Å². The zero-order valence-corrected chi connectivity index (χ0v) is 10.8. The Balaban J connectivity index is 2.09. The van der Waals surface area contributed by atoms with Crippen LogP contribution in [0.25, 0.3) is 0 Å². The SMILES string of the molecule is CC(C)n1ncc(Cl)c1CC1CCNCC1. The van der Waals surface area contributed by atoms with Gasteiger partial charge in [-0.25, -0.2) is 0 Å². The van der Waals surface area contributed by atoms with Crippen LogP contribution in [0.3, 0.4) is 0 Å². The summed E-state index contributed by atoms with van der Waals surface area (Å²) < 4.78 is 2.06. The van der Waals surface area contributed by atoms with Gasteiger partial charge in [0, 0.05) is 6.04 Å². The largest absolute Gasteiger partial charge is 0.317 e. The van der Waals surface area contributed by atoms with Gasteiger partial charge in [0.2, 0.25) is 0 Å². The van der Waals surface area contributed by atoms with Crippen LogP contribution in [0.2, 0.25) is 5.02 Å².